The van der Waals surface area contributed by atoms with Crippen molar-refractivity contribution in [2.24, 2.45) is 17.6 Å². The number of rotatable bonds is 32. The van der Waals surface area contributed by atoms with E-state index in [4.69, 9.17) is 5.73 Å². The molecule has 0 aliphatic carbocycles. The second kappa shape index (κ2) is 31.8. The fourth-order valence-electron chi connectivity index (χ4n) is 6.98. The number of phenols is 1. The highest BCUT2D eigenvalue weighted by Gasteiger charge is 2.35. The van der Waals surface area contributed by atoms with Crippen molar-refractivity contribution in [2.75, 3.05) is 24.3 Å². The zero-order valence-corrected chi connectivity index (χ0v) is 43.1. The summed E-state index contributed by atoms with van der Waals surface area (Å²) in [7, 11) is 0. The van der Waals surface area contributed by atoms with Gasteiger partial charge in [-0.2, -0.15) is 24.4 Å². The van der Waals surface area contributed by atoms with Crippen molar-refractivity contribution in [1.82, 2.24) is 42.5 Å². The highest BCUT2D eigenvalue weighted by Crippen LogP contribution is 2.14. The number of hydrogen-bond acceptors (Lipinski definition) is 14. The SMILES string of the molecule is CSCC[C@H](NC(=O)[C@H](CC(C)C)NC(=O)[C@H](Cc1ccc(O)cc1)NC(=O)CNC(=O)[C@H](C)N)C(=O)N[C@@H](CCC(=O)O)C(=O)N[C@@H](CC(C)C)C(=O)N[C@@H](CS)C(=O)N[C@@H](Cc1ccccc1)C(=O)O. The number of phenolic OH excluding ortho intramolecular Hbond substituents is 1. The zero-order valence-electron chi connectivity index (χ0n) is 41.4. The molecule has 72 heavy (non-hydrogen) atoms. The van der Waals surface area contributed by atoms with Crippen molar-refractivity contribution >= 4 is 83.6 Å². The Balaban J connectivity index is 2.35. The van der Waals surface area contributed by atoms with Crippen LogP contribution in [0.4, 0.5) is 0 Å². The summed E-state index contributed by atoms with van der Waals surface area (Å²) in [5.74, 6) is -9.49. The third-order valence-electron chi connectivity index (χ3n) is 10.8. The monoisotopic (exact) mass is 1050 g/mol. The molecule has 2 aromatic carbocycles. The van der Waals surface area contributed by atoms with E-state index in [0.29, 0.717) is 16.9 Å². The van der Waals surface area contributed by atoms with Crippen LogP contribution in [0.25, 0.3) is 0 Å². The molecule has 0 spiro atoms. The summed E-state index contributed by atoms with van der Waals surface area (Å²) in [6.45, 7) is 8.00. The summed E-state index contributed by atoms with van der Waals surface area (Å²) in [5.41, 5.74) is 6.74. The molecule has 24 heteroatoms. The van der Waals surface area contributed by atoms with Gasteiger partial charge in [-0.25, -0.2) is 4.79 Å². The van der Waals surface area contributed by atoms with Crippen LogP contribution in [0.2, 0.25) is 0 Å². The summed E-state index contributed by atoms with van der Waals surface area (Å²) >= 11 is 5.53. The molecule has 0 aromatic heterocycles. The van der Waals surface area contributed by atoms with Crippen LogP contribution < -0.4 is 48.3 Å². The molecule has 2 rings (SSSR count). The normalized spacial score (nSPS) is 14.4. The topological polar surface area (TPSA) is 354 Å². The van der Waals surface area contributed by atoms with Gasteiger partial charge in [-0.05, 0) is 79.7 Å². The van der Waals surface area contributed by atoms with Crippen molar-refractivity contribution in [2.45, 2.75) is 128 Å². The van der Waals surface area contributed by atoms with Crippen LogP contribution in [0.15, 0.2) is 54.6 Å². The molecule has 0 bridgehead atoms. The van der Waals surface area contributed by atoms with E-state index >= 15 is 0 Å². The van der Waals surface area contributed by atoms with Gasteiger partial charge in [-0.15, -0.1) is 0 Å². The van der Waals surface area contributed by atoms with Crippen LogP contribution in [0.1, 0.15) is 77.8 Å². The van der Waals surface area contributed by atoms with E-state index in [-0.39, 0.29) is 55.4 Å². The van der Waals surface area contributed by atoms with E-state index in [1.54, 1.807) is 64.3 Å². The van der Waals surface area contributed by atoms with Gasteiger partial charge in [0.05, 0.1) is 12.6 Å². The van der Waals surface area contributed by atoms with E-state index < -0.39 is 127 Å². The van der Waals surface area contributed by atoms with Gasteiger partial charge in [0.15, 0.2) is 0 Å². The van der Waals surface area contributed by atoms with Crippen LogP contribution >= 0.6 is 24.4 Å². The molecule has 398 valence electrons. The maximum atomic E-state index is 14.1. The Morgan fingerprint density at radius 1 is 0.556 bits per heavy atom. The summed E-state index contributed by atoms with van der Waals surface area (Å²) in [4.78, 5) is 132. The van der Waals surface area contributed by atoms with Gasteiger partial charge in [0, 0.05) is 25.0 Å². The molecule has 0 aliphatic rings. The van der Waals surface area contributed by atoms with Crippen molar-refractivity contribution in [3.63, 3.8) is 0 Å². The van der Waals surface area contributed by atoms with E-state index in [2.05, 4.69) is 55.2 Å². The van der Waals surface area contributed by atoms with E-state index in [1.807, 2.05) is 0 Å². The van der Waals surface area contributed by atoms with Crippen LogP contribution in [0.5, 0.6) is 5.75 Å². The molecule has 8 atom stereocenters. The molecule has 22 nitrogen and oxygen atoms in total. The minimum atomic E-state index is -1.56. The van der Waals surface area contributed by atoms with Crippen molar-refractivity contribution in [3.05, 3.63) is 65.7 Å². The largest absolute Gasteiger partial charge is 0.508 e. The predicted octanol–water partition coefficient (Wildman–Crippen LogP) is -0.241. The second-order valence-electron chi connectivity index (χ2n) is 18.0. The van der Waals surface area contributed by atoms with Gasteiger partial charge in [0.2, 0.25) is 47.3 Å². The number of carbonyl (C=O) groups is 10. The quantitative estimate of drug-likeness (QED) is 0.0421. The van der Waals surface area contributed by atoms with Crippen molar-refractivity contribution < 1.29 is 63.3 Å². The lowest BCUT2D eigenvalue weighted by Crippen LogP contribution is -2.60. The Bertz CT molecular complexity index is 2150. The molecular weight excluding hydrogens is 975 g/mol. The van der Waals surface area contributed by atoms with Crippen LogP contribution in [0, 0.1) is 11.8 Å². The van der Waals surface area contributed by atoms with Gasteiger partial charge in [0.25, 0.3) is 0 Å². The number of nitrogens with one attached hydrogen (secondary N) is 8. The maximum Gasteiger partial charge on any atom is 0.326 e. The molecule has 0 saturated heterocycles. The fraction of sp³-hybridized carbons (Fsp3) is 0.542. The average Bonchev–Trinajstić information content (AvgIpc) is 3.31. The number of hydrogen-bond donors (Lipinski definition) is 13. The van der Waals surface area contributed by atoms with E-state index in [1.165, 1.54) is 43.0 Å². The van der Waals surface area contributed by atoms with Gasteiger partial charge >= 0.3 is 11.9 Å². The summed E-state index contributed by atoms with van der Waals surface area (Å²) in [6.07, 6.45) is 0.658. The van der Waals surface area contributed by atoms with Gasteiger partial charge in [0.1, 0.15) is 48.0 Å². The molecule has 2 aromatic rings. The minimum Gasteiger partial charge on any atom is -0.508 e. The highest BCUT2D eigenvalue weighted by molar-refractivity contribution is 7.98. The first-order chi connectivity index (χ1) is 33.9. The third-order valence-corrected chi connectivity index (χ3v) is 11.8. The number of carbonyl (C=O) groups excluding carboxylic acids is 8. The van der Waals surface area contributed by atoms with Crippen LogP contribution in [-0.4, -0.2) is 147 Å². The molecule has 0 fully saturated rings. The number of thioether (sulfide) groups is 1. The minimum absolute atomic E-state index is 0.0146. The first-order valence-electron chi connectivity index (χ1n) is 23.4. The number of benzene rings is 2. The Morgan fingerprint density at radius 2 is 0.986 bits per heavy atom. The first-order valence-corrected chi connectivity index (χ1v) is 25.5. The lowest BCUT2D eigenvalue weighted by atomic mass is 10.00. The molecule has 8 amide bonds. The third kappa shape index (κ3) is 23.2. The van der Waals surface area contributed by atoms with Gasteiger partial charge in [-0.1, -0.05) is 70.2 Å². The number of carboxylic acid groups (broad SMARTS) is 2. The molecule has 0 aliphatic heterocycles. The lowest BCUT2D eigenvalue weighted by Gasteiger charge is -2.28. The first kappa shape index (κ1) is 61.7. The van der Waals surface area contributed by atoms with Crippen LogP contribution in [0.3, 0.4) is 0 Å². The van der Waals surface area contributed by atoms with E-state index in [0.717, 1.165) is 0 Å². The Labute approximate surface area is 429 Å². The second-order valence-corrected chi connectivity index (χ2v) is 19.4. The summed E-state index contributed by atoms with van der Waals surface area (Å²) < 4.78 is 0. The standard InChI is InChI=1S/C48H71N9O13S2/c1-26(2)20-34(55-46(67)36(22-30-12-14-31(58)15-13-30)51-39(59)24-50-41(62)28(5)49)44(65)53-33(18-19-72-6)43(64)52-32(16-17-40(60)61)42(63)54-35(21-27(3)4)45(66)57-38(25-71)47(68)56-37(48(69)70)23-29-10-8-7-9-11-29/h7-15,26-28,32-38,58,71H,16-25,49H2,1-6H3,(H,50,62)(H,51,59)(H,52,64)(H,53,65)(H,54,63)(H,55,67)(H,56,68)(H,57,66)(H,60,61)(H,69,70)/t28-,32-,33-,34-,35-,36-,37-,38-/m0/s1. The van der Waals surface area contributed by atoms with Crippen molar-refractivity contribution in [1.29, 1.82) is 0 Å². The molecular formula is C48H71N9O13S2. The summed E-state index contributed by atoms with van der Waals surface area (Å²) in [5, 5.41) is 49.5. The molecule has 0 saturated carbocycles. The fourth-order valence-corrected chi connectivity index (χ4v) is 7.70. The Morgan fingerprint density at radius 3 is 1.46 bits per heavy atom. The summed E-state index contributed by atoms with van der Waals surface area (Å²) in [6, 6.07) is 4.00. The lowest BCUT2D eigenvalue weighted by molar-refractivity contribution is -0.142. The number of aromatic hydroxyl groups is 1. The zero-order chi connectivity index (χ0) is 54.1. The van der Waals surface area contributed by atoms with E-state index in [9.17, 15) is 63.3 Å². The van der Waals surface area contributed by atoms with Crippen molar-refractivity contribution in [3.8, 4) is 5.75 Å². The number of amides is 8. The Kier molecular flexibility index (Phi) is 27.3. The number of aliphatic carboxylic acids is 2. The molecule has 0 radical (unpaired) electrons. The predicted molar refractivity (Wildman–Crippen MR) is 272 cm³/mol. The number of carboxylic acids is 2. The number of nitrogens with two attached hydrogens (primary N) is 1. The van der Waals surface area contributed by atoms with Gasteiger partial charge in [-0.3, -0.25) is 43.2 Å². The number of thiol groups is 1. The smallest absolute Gasteiger partial charge is 0.326 e. The van der Waals surface area contributed by atoms with Crippen LogP contribution in [-0.2, 0) is 60.8 Å². The highest BCUT2D eigenvalue weighted by atomic mass is 32.2. The van der Waals surface area contributed by atoms with Gasteiger partial charge < -0.3 is 63.6 Å². The maximum absolute atomic E-state index is 14.1. The molecule has 0 unspecified atom stereocenters. The molecule has 13 N–H and O–H groups in total. The Hall–Kier alpha value is -6.40. The average molecular weight is 1050 g/mol. The molecule has 0 heterocycles.